The number of aromatic nitrogens is 1. The summed E-state index contributed by atoms with van der Waals surface area (Å²) in [7, 11) is -1.52. The molecule has 0 bridgehead atoms. The third-order valence-electron chi connectivity index (χ3n) is 3.63. The van der Waals surface area contributed by atoms with Crippen LogP contribution in [0.25, 0.3) is 0 Å². The van der Waals surface area contributed by atoms with E-state index in [1.54, 1.807) is 0 Å². The van der Waals surface area contributed by atoms with Crippen LogP contribution in [0.2, 0.25) is 0 Å². The summed E-state index contributed by atoms with van der Waals surface area (Å²) in [6.45, 7) is 0.560. The predicted octanol–water partition coefficient (Wildman–Crippen LogP) is 2.27. The second-order valence-corrected chi connectivity index (χ2v) is 9.06. The second kappa shape index (κ2) is 8.37. The average molecular weight is 512 g/mol. The maximum absolute atomic E-state index is 12.5. The first-order valence-electron chi connectivity index (χ1n) is 7.17. The Morgan fingerprint density at radius 3 is 2.48 bits per heavy atom. The molecule has 1 aromatic rings. The molecule has 1 aliphatic rings. The van der Waals surface area contributed by atoms with E-state index in [1.807, 2.05) is 0 Å². The van der Waals surface area contributed by atoms with Gasteiger partial charge in [-0.1, -0.05) is 0 Å². The van der Waals surface area contributed by atoms with Crippen LogP contribution >= 0.6 is 35.3 Å². The number of alkyl halides is 3. The smallest absolute Gasteiger partial charge is 0.356 e. The maximum Gasteiger partial charge on any atom is 0.434 e. The molecular weight excluding hydrogens is 492 g/mol. The summed E-state index contributed by atoms with van der Waals surface area (Å²) in [6, 6.07) is 0. The van der Waals surface area contributed by atoms with Crippen LogP contribution in [-0.4, -0.2) is 45.0 Å². The van der Waals surface area contributed by atoms with Crippen molar-refractivity contribution in [2.24, 2.45) is 10.4 Å². The second-order valence-electron chi connectivity index (χ2n) is 5.97. The maximum atomic E-state index is 12.5. The lowest BCUT2D eigenvalue weighted by molar-refractivity contribution is -0.140. The summed E-state index contributed by atoms with van der Waals surface area (Å²) >= 11 is 0.917. The highest BCUT2D eigenvalue weighted by atomic mass is 127. The van der Waals surface area contributed by atoms with Gasteiger partial charge in [0.2, 0.25) is 0 Å². The number of thiazole rings is 1. The molecule has 0 aromatic carbocycles. The quantitative estimate of drug-likeness (QED) is 0.347. The number of halogens is 4. The molecule has 1 saturated carbocycles. The first-order valence-corrected chi connectivity index (χ1v) is 10.1. The zero-order valence-electron chi connectivity index (χ0n) is 13.7. The lowest BCUT2D eigenvalue weighted by Crippen LogP contribution is -2.41. The highest BCUT2D eigenvalue weighted by Gasteiger charge is 2.45. The third kappa shape index (κ3) is 7.25. The van der Waals surface area contributed by atoms with Crippen molar-refractivity contribution in [3.8, 4) is 0 Å². The van der Waals surface area contributed by atoms with E-state index in [9.17, 15) is 21.6 Å². The molecule has 144 valence electrons. The predicted molar refractivity (Wildman–Crippen MR) is 102 cm³/mol. The van der Waals surface area contributed by atoms with E-state index >= 15 is 0 Å². The van der Waals surface area contributed by atoms with Crippen LogP contribution in [0.15, 0.2) is 10.4 Å². The molecule has 0 atom stereocenters. The zero-order valence-corrected chi connectivity index (χ0v) is 17.6. The minimum atomic E-state index is -4.45. The number of rotatable bonds is 6. The summed E-state index contributed by atoms with van der Waals surface area (Å²) in [6.07, 6.45) is -1.59. The number of hydrogen-bond acceptors (Lipinski definition) is 5. The van der Waals surface area contributed by atoms with E-state index < -0.39 is 21.7 Å². The van der Waals surface area contributed by atoms with Crippen LogP contribution in [0, 0.1) is 5.41 Å². The highest BCUT2D eigenvalue weighted by Crippen LogP contribution is 2.46. The van der Waals surface area contributed by atoms with Crippen LogP contribution in [0.3, 0.4) is 0 Å². The van der Waals surface area contributed by atoms with Gasteiger partial charge in [-0.2, -0.15) is 13.2 Å². The normalized spacial score (nSPS) is 16.9. The fourth-order valence-corrected chi connectivity index (χ4v) is 4.52. The molecule has 0 aliphatic heterocycles. The van der Waals surface area contributed by atoms with Crippen LogP contribution < -0.4 is 10.6 Å². The molecule has 0 unspecified atom stereocenters. The molecule has 25 heavy (non-hydrogen) atoms. The van der Waals surface area contributed by atoms with E-state index in [1.165, 1.54) is 13.3 Å². The molecular formula is C13H20F3IN4O2S2. The van der Waals surface area contributed by atoms with E-state index in [4.69, 9.17) is 0 Å². The van der Waals surface area contributed by atoms with Crippen LogP contribution in [-0.2, 0) is 22.6 Å². The first-order chi connectivity index (χ1) is 11.0. The molecule has 6 nitrogen and oxygen atoms in total. The van der Waals surface area contributed by atoms with E-state index in [-0.39, 0.29) is 41.7 Å². The van der Waals surface area contributed by atoms with Crippen molar-refractivity contribution < 1.29 is 21.6 Å². The van der Waals surface area contributed by atoms with Gasteiger partial charge < -0.3 is 10.6 Å². The minimum absolute atomic E-state index is 0. The lowest BCUT2D eigenvalue weighted by atomic mass is 10.1. The van der Waals surface area contributed by atoms with Gasteiger partial charge in [-0.3, -0.25) is 4.99 Å². The van der Waals surface area contributed by atoms with Crippen molar-refractivity contribution in [2.75, 3.05) is 25.6 Å². The molecule has 2 rings (SSSR count). The molecule has 2 N–H and O–H groups in total. The molecule has 0 spiro atoms. The highest BCUT2D eigenvalue weighted by molar-refractivity contribution is 14.0. The van der Waals surface area contributed by atoms with Crippen molar-refractivity contribution in [1.82, 2.24) is 15.6 Å². The van der Waals surface area contributed by atoms with Crippen LogP contribution in [0.5, 0.6) is 0 Å². The summed E-state index contributed by atoms with van der Waals surface area (Å²) in [5.41, 5.74) is -1.17. The third-order valence-corrected chi connectivity index (χ3v) is 5.61. The summed E-state index contributed by atoms with van der Waals surface area (Å²) in [5, 5.41) is 7.18. The summed E-state index contributed by atoms with van der Waals surface area (Å²) in [4.78, 5) is 7.51. The lowest BCUT2D eigenvalue weighted by Gasteiger charge is -2.17. The Bertz CT molecular complexity index is 715. The van der Waals surface area contributed by atoms with Crippen molar-refractivity contribution in [3.05, 3.63) is 16.1 Å². The summed E-state index contributed by atoms with van der Waals surface area (Å²) < 4.78 is 60.3. The van der Waals surface area contributed by atoms with Gasteiger partial charge in [0.1, 0.15) is 14.8 Å². The van der Waals surface area contributed by atoms with Gasteiger partial charge >= 0.3 is 6.18 Å². The molecule has 0 radical (unpaired) electrons. The van der Waals surface area contributed by atoms with Gasteiger partial charge in [-0.15, -0.1) is 35.3 Å². The van der Waals surface area contributed by atoms with Gasteiger partial charge in [0.25, 0.3) is 0 Å². The molecule has 0 amide bonds. The molecule has 1 fully saturated rings. The van der Waals surface area contributed by atoms with Gasteiger partial charge in [-0.25, -0.2) is 13.4 Å². The summed E-state index contributed by atoms with van der Waals surface area (Å²) in [5.74, 6) is 0.518. The number of sulfone groups is 1. The van der Waals surface area contributed by atoms with E-state index in [0.29, 0.717) is 17.5 Å². The Balaban J connectivity index is 0.00000312. The van der Waals surface area contributed by atoms with Crippen molar-refractivity contribution in [1.29, 1.82) is 0 Å². The Morgan fingerprint density at radius 1 is 1.40 bits per heavy atom. The van der Waals surface area contributed by atoms with E-state index in [0.717, 1.165) is 29.6 Å². The fraction of sp³-hybridized carbons (Fsp3) is 0.692. The molecule has 12 heteroatoms. The van der Waals surface area contributed by atoms with Crippen LogP contribution in [0.1, 0.15) is 23.5 Å². The Kier molecular flexibility index (Phi) is 7.51. The minimum Gasteiger partial charge on any atom is -0.356 e. The van der Waals surface area contributed by atoms with Gasteiger partial charge in [0.05, 0.1) is 12.3 Å². The standard InChI is InChI=1S/C13H19F3N4O2S2.HI/c1-17-11(19-7-12(3-4-12)8-24(2,21)22)18-5-10-20-9(6-23-10)13(14,15)16;/h6H,3-5,7-8H2,1-2H3,(H2,17,18,19);1H. The van der Waals surface area contributed by atoms with Crippen molar-refractivity contribution in [2.45, 2.75) is 25.6 Å². The average Bonchev–Trinajstić information content (AvgIpc) is 2.99. The number of nitrogens with zero attached hydrogens (tertiary/aromatic N) is 2. The SMILES string of the molecule is CN=C(NCc1nc(C(F)(F)F)cs1)NCC1(CS(C)(=O)=O)CC1.I. The topological polar surface area (TPSA) is 83.4 Å². The van der Waals surface area contributed by atoms with Crippen molar-refractivity contribution >= 4 is 51.1 Å². The largest absolute Gasteiger partial charge is 0.434 e. The first kappa shape index (κ1) is 22.4. The zero-order chi connectivity index (χ0) is 18.0. The van der Waals surface area contributed by atoms with Gasteiger partial charge in [0.15, 0.2) is 11.7 Å². The van der Waals surface area contributed by atoms with Gasteiger partial charge in [0, 0.05) is 30.6 Å². The number of hydrogen-bond donors (Lipinski definition) is 2. The molecule has 1 aromatic heterocycles. The molecule has 1 heterocycles. The Hall–Kier alpha value is -0.630. The molecule has 1 aliphatic carbocycles. The Labute approximate surface area is 165 Å². The Morgan fingerprint density at radius 2 is 2.04 bits per heavy atom. The number of aliphatic imine (C=N–C) groups is 1. The van der Waals surface area contributed by atoms with Gasteiger partial charge in [-0.05, 0) is 12.8 Å². The monoisotopic (exact) mass is 512 g/mol. The fourth-order valence-electron chi connectivity index (χ4n) is 2.28. The van der Waals surface area contributed by atoms with Crippen molar-refractivity contribution in [3.63, 3.8) is 0 Å². The number of guanidine groups is 1. The van der Waals surface area contributed by atoms with Crippen LogP contribution in [0.4, 0.5) is 13.2 Å². The molecule has 0 saturated heterocycles. The number of nitrogens with one attached hydrogen (secondary N) is 2. The van der Waals surface area contributed by atoms with E-state index in [2.05, 4.69) is 20.6 Å².